The van der Waals surface area contributed by atoms with Gasteiger partial charge in [-0.05, 0) is 37.8 Å². The number of Topliss-reactive ketones (excluding diaryl/α,β-unsaturated/α-hetero) is 2. The van der Waals surface area contributed by atoms with Gasteiger partial charge in [-0.25, -0.2) is 0 Å². The summed E-state index contributed by atoms with van der Waals surface area (Å²) < 4.78 is 6.08. The second-order valence-electron chi connectivity index (χ2n) is 6.52. The molecule has 1 unspecified atom stereocenters. The summed E-state index contributed by atoms with van der Waals surface area (Å²) in [6.45, 7) is 5.90. The second kappa shape index (κ2) is 5.93. The van der Waals surface area contributed by atoms with Gasteiger partial charge >= 0.3 is 0 Å². The molecule has 4 heteroatoms. The van der Waals surface area contributed by atoms with Crippen LogP contribution in [0.3, 0.4) is 0 Å². The zero-order valence-corrected chi connectivity index (χ0v) is 14.0. The standard InChI is InChI=1S/C19H23NO3/c1-4-19(11-13(3)22)18-16(8-9-23-19)15-7-5-6-14(10-12(2)21)17(15)20-18/h5-7,20H,4,8-11H2,1-3H3. The molecule has 0 amide bonds. The Morgan fingerprint density at radius 1 is 1.26 bits per heavy atom. The first kappa shape index (κ1) is 15.9. The third-order valence-electron chi connectivity index (χ3n) is 4.76. The van der Waals surface area contributed by atoms with E-state index in [0.717, 1.165) is 35.0 Å². The van der Waals surface area contributed by atoms with Crippen LogP contribution in [0.15, 0.2) is 18.2 Å². The molecule has 1 N–H and O–H groups in total. The first-order valence-corrected chi connectivity index (χ1v) is 8.22. The van der Waals surface area contributed by atoms with Crippen LogP contribution in [0.25, 0.3) is 10.9 Å². The lowest BCUT2D eigenvalue weighted by Crippen LogP contribution is -2.36. The van der Waals surface area contributed by atoms with E-state index >= 15 is 0 Å². The summed E-state index contributed by atoms with van der Waals surface area (Å²) >= 11 is 0. The first-order valence-electron chi connectivity index (χ1n) is 8.22. The van der Waals surface area contributed by atoms with Gasteiger partial charge in [-0.1, -0.05) is 25.1 Å². The topological polar surface area (TPSA) is 59.2 Å². The lowest BCUT2D eigenvalue weighted by molar-refractivity contribution is -0.128. The van der Waals surface area contributed by atoms with E-state index in [4.69, 9.17) is 4.74 Å². The molecule has 3 rings (SSSR count). The van der Waals surface area contributed by atoms with Gasteiger partial charge in [0.25, 0.3) is 0 Å². The highest BCUT2D eigenvalue weighted by molar-refractivity contribution is 5.91. The van der Waals surface area contributed by atoms with Crippen molar-refractivity contribution in [2.75, 3.05) is 6.61 Å². The summed E-state index contributed by atoms with van der Waals surface area (Å²) in [5.41, 5.74) is 3.72. The fraction of sp³-hybridized carbons (Fsp3) is 0.474. The molecule has 122 valence electrons. The molecule has 1 aliphatic heterocycles. The van der Waals surface area contributed by atoms with Crippen molar-refractivity contribution in [1.29, 1.82) is 0 Å². The Hall–Kier alpha value is -1.94. The molecule has 23 heavy (non-hydrogen) atoms. The number of para-hydroxylation sites is 1. The molecule has 1 aliphatic rings. The molecule has 1 aromatic carbocycles. The number of aromatic amines is 1. The number of ether oxygens (including phenoxy) is 1. The summed E-state index contributed by atoms with van der Waals surface area (Å²) in [6.07, 6.45) is 2.38. The third kappa shape index (κ3) is 2.72. The second-order valence-corrected chi connectivity index (χ2v) is 6.52. The van der Waals surface area contributed by atoms with Crippen LogP contribution in [-0.4, -0.2) is 23.2 Å². The van der Waals surface area contributed by atoms with E-state index in [1.54, 1.807) is 13.8 Å². The lowest BCUT2D eigenvalue weighted by Gasteiger charge is -2.36. The number of carbonyl (C=O) groups is 2. The maximum absolute atomic E-state index is 11.8. The van der Waals surface area contributed by atoms with E-state index in [2.05, 4.69) is 18.0 Å². The van der Waals surface area contributed by atoms with Crippen LogP contribution in [0.4, 0.5) is 0 Å². The Kier molecular flexibility index (Phi) is 4.11. The Bertz CT molecular complexity index is 774. The van der Waals surface area contributed by atoms with Crippen LogP contribution >= 0.6 is 0 Å². The fourth-order valence-electron chi connectivity index (χ4n) is 3.76. The average Bonchev–Trinajstić information content (AvgIpc) is 2.87. The minimum absolute atomic E-state index is 0.127. The largest absolute Gasteiger partial charge is 0.368 e. The molecule has 0 fully saturated rings. The Morgan fingerprint density at radius 3 is 2.70 bits per heavy atom. The molecule has 2 aromatic rings. The predicted molar refractivity (Wildman–Crippen MR) is 89.6 cm³/mol. The predicted octanol–water partition coefficient (Wildman–Crippen LogP) is 3.46. The van der Waals surface area contributed by atoms with Gasteiger partial charge < -0.3 is 9.72 Å². The van der Waals surface area contributed by atoms with Crippen molar-refractivity contribution in [3.05, 3.63) is 35.0 Å². The highest BCUT2D eigenvalue weighted by Gasteiger charge is 2.40. The van der Waals surface area contributed by atoms with Crippen molar-refractivity contribution in [2.24, 2.45) is 0 Å². The van der Waals surface area contributed by atoms with Crippen LogP contribution in [0.5, 0.6) is 0 Å². The highest BCUT2D eigenvalue weighted by Crippen LogP contribution is 2.42. The molecule has 0 aliphatic carbocycles. The van der Waals surface area contributed by atoms with Gasteiger partial charge in [0.05, 0.1) is 12.3 Å². The maximum Gasteiger partial charge on any atom is 0.134 e. The fourth-order valence-corrected chi connectivity index (χ4v) is 3.76. The number of nitrogens with one attached hydrogen (secondary N) is 1. The van der Waals surface area contributed by atoms with Gasteiger partial charge in [0.1, 0.15) is 17.2 Å². The average molecular weight is 313 g/mol. The van der Waals surface area contributed by atoms with Gasteiger partial charge in [0.15, 0.2) is 0 Å². The molecular weight excluding hydrogens is 290 g/mol. The molecule has 1 aromatic heterocycles. The number of benzene rings is 1. The summed E-state index contributed by atoms with van der Waals surface area (Å²) in [4.78, 5) is 26.8. The summed E-state index contributed by atoms with van der Waals surface area (Å²) in [5, 5.41) is 1.16. The number of rotatable bonds is 5. The van der Waals surface area contributed by atoms with E-state index in [1.807, 2.05) is 12.1 Å². The van der Waals surface area contributed by atoms with Crippen LogP contribution < -0.4 is 0 Å². The van der Waals surface area contributed by atoms with E-state index in [1.165, 1.54) is 5.56 Å². The van der Waals surface area contributed by atoms with Crippen molar-refractivity contribution in [3.8, 4) is 0 Å². The molecule has 1 atom stereocenters. The number of carbonyl (C=O) groups excluding carboxylic acids is 2. The van der Waals surface area contributed by atoms with Crippen molar-refractivity contribution in [2.45, 2.75) is 52.1 Å². The SMILES string of the molecule is CCC1(CC(C)=O)OCCc2c1[nH]c1c(CC(C)=O)cccc21. The molecular formula is C19H23NO3. The number of fused-ring (bicyclic) bond motifs is 3. The van der Waals surface area contributed by atoms with Gasteiger partial charge in [0, 0.05) is 23.7 Å². The van der Waals surface area contributed by atoms with Crippen LogP contribution in [0, 0.1) is 0 Å². The number of aromatic nitrogens is 1. The van der Waals surface area contributed by atoms with Gasteiger partial charge in [0.2, 0.25) is 0 Å². The molecule has 2 heterocycles. The Labute approximate surface area is 136 Å². The molecule has 0 spiro atoms. The van der Waals surface area contributed by atoms with Gasteiger partial charge in [-0.15, -0.1) is 0 Å². The van der Waals surface area contributed by atoms with Crippen molar-refractivity contribution < 1.29 is 14.3 Å². The van der Waals surface area contributed by atoms with Crippen molar-refractivity contribution in [3.63, 3.8) is 0 Å². The molecule has 4 nitrogen and oxygen atoms in total. The number of hydrogen-bond acceptors (Lipinski definition) is 3. The third-order valence-corrected chi connectivity index (χ3v) is 4.76. The minimum Gasteiger partial charge on any atom is -0.368 e. The smallest absolute Gasteiger partial charge is 0.134 e. The molecule has 0 bridgehead atoms. The molecule has 0 saturated heterocycles. The summed E-state index contributed by atoms with van der Waals surface area (Å²) in [6, 6.07) is 6.09. The zero-order valence-electron chi connectivity index (χ0n) is 14.0. The normalized spacial score (nSPS) is 20.5. The van der Waals surface area contributed by atoms with Crippen LogP contribution in [0.2, 0.25) is 0 Å². The molecule has 0 saturated carbocycles. The van der Waals surface area contributed by atoms with E-state index in [-0.39, 0.29) is 11.6 Å². The zero-order chi connectivity index (χ0) is 16.6. The highest BCUT2D eigenvalue weighted by atomic mass is 16.5. The summed E-state index contributed by atoms with van der Waals surface area (Å²) in [5.74, 6) is 0.272. The van der Waals surface area contributed by atoms with Crippen LogP contribution in [-0.2, 0) is 32.8 Å². The van der Waals surface area contributed by atoms with Crippen molar-refractivity contribution in [1.82, 2.24) is 4.98 Å². The quantitative estimate of drug-likeness (QED) is 0.919. The first-order chi connectivity index (χ1) is 11.0. The lowest BCUT2D eigenvalue weighted by atomic mass is 9.85. The maximum atomic E-state index is 11.8. The van der Waals surface area contributed by atoms with Crippen molar-refractivity contribution >= 4 is 22.5 Å². The number of ketones is 2. The monoisotopic (exact) mass is 313 g/mol. The van der Waals surface area contributed by atoms with Crippen LogP contribution in [0.1, 0.15) is 50.4 Å². The summed E-state index contributed by atoms with van der Waals surface area (Å²) in [7, 11) is 0. The van der Waals surface area contributed by atoms with E-state index in [0.29, 0.717) is 19.4 Å². The Morgan fingerprint density at radius 2 is 2.04 bits per heavy atom. The Balaban J connectivity index is 2.20. The van der Waals surface area contributed by atoms with Gasteiger partial charge in [-0.3, -0.25) is 9.59 Å². The minimum atomic E-state index is -0.564. The number of hydrogen-bond donors (Lipinski definition) is 1. The number of H-pyrrole nitrogens is 1. The molecule has 0 radical (unpaired) electrons. The van der Waals surface area contributed by atoms with E-state index < -0.39 is 5.60 Å². The van der Waals surface area contributed by atoms with E-state index in [9.17, 15) is 9.59 Å². The van der Waals surface area contributed by atoms with Gasteiger partial charge in [-0.2, -0.15) is 0 Å².